The van der Waals surface area contributed by atoms with E-state index in [-0.39, 0.29) is 5.91 Å². The van der Waals surface area contributed by atoms with Gasteiger partial charge in [-0.25, -0.2) is 9.97 Å². The Bertz CT molecular complexity index is 936. The van der Waals surface area contributed by atoms with E-state index in [9.17, 15) is 4.79 Å². The predicted molar refractivity (Wildman–Crippen MR) is 99.8 cm³/mol. The summed E-state index contributed by atoms with van der Waals surface area (Å²) in [5.74, 6) is 0.599. The lowest BCUT2D eigenvalue weighted by atomic mass is 10.1. The third kappa shape index (κ3) is 3.11. The highest BCUT2D eigenvalue weighted by atomic mass is 35.5. The number of piperazine rings is 1. The number of aliphatic hydroxyl groups excluding tert-OH is 1. The summed E-state index contributed by atoms with van der Waals surface area (Å²) in [4.78, 5) is 24.4. The fourth-order valence-electron chi connectivity index (χ4n) is 3.23. The average Bonchev–Trinajstić information content (AvgIpc) is 3.21. The fraction of sp³-hybridized carbons (Fsp3) is 0.278. The van der Waals surface area contributed by atoms with Crippen molar-refractivity contribution in [2.75, 3.05) is 37.7 Å². The van der Waals surface area contributed by atoms with Crippen LogP contribution in [0.5, 0.6) is 0 Å². The highest BCUT2D eigenvalue weighted by Gasteiger charge is 2.22. The molecule has 0 atom stereocenters. The Morgan fingerprint density at radius 3 is 2.69 bits per heavy atom. The van der Waals surface area contributed by atoms with Crippen molar-refractivity contribution in [3.63, 3.8) is 0 Å². The minimum atomic E-state index is -0.447. The van der Waals surface area contributed by atoms with Gasteiger partial charge in [-0.3, -0.25) is 4.79 Å². The lowest BCUT2D eigenvalue weighted by Crippen LogP contribution is -2.49. The molecule has 0 aliphatic carbocycles. The number of hydrogen-bond acceptors (Lipinski definition) is 5. The summed E-state index contributed by atoms with van der Waals surface area (Å²) in [6.45, 7) is 2.00. The van der Waals surface area contributed by atoms with E-state index in [1.165, 1.54) is 0 Å². The predicted octanol–water partition coefficient (Wildman–Crippen LogP) is 1.71. The lowest BCUT2D eigenvalue weighted by Gasteiger charge is -2.35. The zero-order valence-corrected chi connectivity index (χ0v) is 14.8. The maximum atomic E-state index is 11.6. The largest absolute Gasteiger partial charge is 0.387 e. The molecule has 4 rings (SSSR count). The van der Waals surface area contributed by atoms with Gasteiger partial charge in [-0.2, -0.15) is 0 Å². The van der Waals surface area contributed by atoms with Crippen molar-refractivity contribution in [1.29, 1.82) is 0 Å². The Labute approximate surface area is 155 Å². The number of imidazole rings is 1. The van der Waals surface area contributed by atoms with Gasteiger partial charge in [0.05, 0.1) is 17.5 Å². The smallest absolute Gasteiger partial charge is 0.248 e. The highest BCUT2D eigenvalue weighted by molar-refractivity contribution is 6.31. The lowest BCUT2D eigenvalue weighted by molar-refractivity contribution is -0.134. The van der Waals surface area contributed by atoms with Crippen molar-refractivity contribution in [3.8, 4) is 5.69 Å². The van der Waals surface area contributed by atoms with Crippen LogP contribution in [0.25, 0.3) is 16.6 Å². The van der Waals surface area contributed by atoms with Crippen LogP contribution in [0.2, 0.25) is 5.02 Å². The molecule has 3 aromatic rings. The molecular formula is C18H18ClN5O2. The molecule has 0 radical (unpaired) electrons. The van der Waals surface area contributed by atoms with E-state index < -0.39 is 6.61 Å². The van der Waals surface area contributed by atoms with Gasteiger partial charge in [0.25, 0.3) is 0 Å². The second kappa shape index (κ2) is 6.93. The molecule has 0 saturated carbocycles. The number of fused-ring (bicyclic) bond motifs is 1. The first-order valence-electron chi connectivity index (χ1n) is 8.38. The van der Waals surface area contributed by atoms with E-state index in [2.05, 4.69) is 9.88 Å². The van der Waals surface area contributed by atoms with Crippen LogP contribution in [0.4, 0.5) is 5.82 Å². The summed E-state index contributed by atoms with van der Waals surface area (Å²) >= 11 is 6.16. The quantitative estimate of drug-likeness (QED) is 0.758. The van der Waals surface area contributed by atoms with Crippen LogP contribution in [-0.4, -0.2) is 63.2 Å². The molecule has 1 aromatic carbocycles. The van der Waals surface area contributed by atoms with Crippen molar-refractivity contribution < 1.29 is 9.90 Å². The van der Waals surface area contributed by atoms with Gasteiger partial charge in [0.15, 0.2) is 0 Å². The molecule has 134 valence electrons. The van der Waals surface area contributed by atoms with Gasteiger partial charge in [-0.1, -0.05) is 11.6 Å². The van der Waals surface area contributed by atoms with Crippen LogP contribution in [0.15, 0.2) is 43.0 Å². The van der Waals surface area contributed by atoms with Gasteiger partial charge in [-0.05, 0) is 18.2 Å². The third-order valence-corrected chi connectivity index (χ3v) is 4.85. The second-order valence-electron chi connectivity index (χ2n) is 6.16. The molecule has 26 heavy (non-hydrogen) atoms. The number of carbonyl (C=O) groups excluding carboxylic acids is 1. The number of aliphatic hydroxyl groups is 1. The summed E-state index contributed by atoms with van der Waals surface area (Å²) < 4.78 is 1.95. The number of benzene rings is 1. The topological polar surface area (TPSA) is 74.5 Å². The Morgan fingerprint density at radius 1 is 1.19 bits per heavy atom. The molecule has 0 bridgehead atoms. The van der Waals surface area contributed by atoms with Crippen LogP contribution in [0.3, 0.4) is 0 Å². The first-order chi connectivity index (χ1) is 12.7. The molecule has 1 amide bonds. The Morgan fingerprint density at radius 2 is 2.00 bits per heavy atom. The van der Waals surface area contributed by atoms with Gasteiger partial charge < -0.3 is 19.5 Å². The summed E-state index contributed by atoms with van der Waals surface area (Å²) in [5.41, 5.74) is 1.79. The number of pyridine rings is 1. The Kier molecular flexibility index (Phi) is 4.48. The van der Waals surface area contributed by atoms with Gasteiger partial charge >= 0.3 is 0 Å². The Balaban J connectivity index is 1.71. The highest BCUT2D eigenvalue weighted by Crippen LogP contribution is 2.28. The number of nitrogens with zero attached hydrogens (tertiary/aromatic N) is 5. The standard InChI is InChI=1S/C18H18ClN5O2/c19-13-1-2-14-15(9-13)21-17(10-16(14)24-4-3-20-12-24)22-5-7-23(8-6-22)18(26)11-25/h1-4,9-10,12,25H,5-8,11H2. The summed E-state index contributed by atoms with van der Waals surface area (Å²) in [7, 11) is 0. The van der Waals surface area contributed by atoms with E-state index in [1.54, 1.807) is 17.4 Å². The number of anilines is 1. The zero-order valence-electron chi connectivity index (χ0n) is 14.0. The molecule has 2 aromatic heterocycles. The zero-order chi connectivity index (χ0) is 18.1. The van der Waals surface area contributed by atoms with E-state index in [1.807, 2.05) is 35.0 Å². The van der Waals surface area contributed by atoms with Crippen molar-refractivity contribution in [3.05, 3.63) is 48.0 Å². The minimum absolute atomic E-state index is 0.234. The number of aromatic nitrogens is 3. The van der Waals surface area contributed by atoms with E-state index >= 15 is 0 Å². The fourth-order valence-corrected chi connectivity index (χ4v) is 3.40. The first kappa shape index (κ1) is 16.8. The Hall–Kier alpha value is -2.64. The van der Waals surface area contributed by atoms with Gasteiger partial charge in [0, 0.05) is 55.0 Å². The normalized spacial score (nSPS) is 14.8. The van der Waals surface area contributed by atoms with Crippen LogP contribution in [-0.2, 0) is 4.79 Å². The first-order valence-corrected chi connectivity index (χ1v) is 8.76. The van der Waals surface area contributed by atoms with E-state index in [0.717, 1.165) is 22.4 Å². The minimum Gasteiger partial charge on any atom is -0.387 e. The van der Waals surface area contributed by atoms with E-state index in [0.29, 0.717) is 31.2 Å². The summed E-state index contributed by atoms with van der Waals surface area (Å²) in [5, 5.41) is 10.6. The van der Waals surface area contributed by atoms with Gasteiger partial charge in [0.2, 0.25) is 5.91 Å². The van der Waals surface area contributed by atoms with Crippen LogP contribution >= 0.6 is 11.6 Å². The number of halogens is 1. The molecule has 8 heteroatoms. The number of amides is 1. The van der Waals surface area contributed by atoms with Crippen molar-refractivity contribution in [2.45, 2.75) is 0 Å². The number of rotatable bonds is 3. The molecule has 3 heterocycles. The third-order valence-electron chi connectivity index (χ3n) is 4.61. The van der Waals surface area contributed by atoms with Crippen LogP contribution in [0, 0.1) is 0 Å². The molecule has 0 spiro atoms. The van der Waals surface area contributed by atoms with E-state index in [4.69, 9.17) is 21.7 Å². The maximum Gasteiger partial charge on any atom is 0.248 e. The maximum absolute atomic E-state index is 11.6. The van der Waals surface area contributed by atoms with Crippen molar-refractivity contribution >= 4 is 34.2 Å². The molecule has 0 unspecified atom stereocenters. The summed E-state index contributed by atoms with van der Waals surface area (Å²) in [6.07, 6.45) is 5.39. The average molecular weight is 372 g/mol. The molecular weight excluding hydrogens is 354 g/mol. The second-order valence-corrected chi connectivity index (χ2v) is 6.59. The van der Waals surface area contributed by atoms with Crippen molar-refractivity contribution in [2.24, 2.45) is 0 Å². The SMILES string of the molecule is O=C(CO)N1CCN(c2cc(-n3ccnc3)c3ccc(Cl)cc3n2)CC1. The van der Waals surface area contributed by atoms with Crippen molar-refractivity contribution in [1.82, 2.24) is 19.4 Å². The molecule has 1 saturated heterocycles. The monoisotopic (exact) mass is 371 g/mol. The summed E-state index contributed by atoms with van der Waals surface area (Å²) in [6, 6.07) is 7.69. The van der Waals surface area contributed by atoms with Gasteiger partial charge in [-0.15, -0.1) is 0 Å². The number of hydrogen-bond donors (Lipinski definition) is 1. The number of carbonyl (C=O) groups is 1. The molecule has 7 nitrogen and oxygen atoms in total. The molecule has 1 aliphatic rings. The molecule has 1 N–H and O–H groups in total. The van der Waals surface area contributed by atoms with Crippen LogP contribution in [0.1, 0.15) is 0 Å². The van der Waals surface area contributed by atoms with Crippen LogP contribution < -0.4 is 4.90 Å². The molecule has 1 fully saturated rings. The van der Waals surface area contributed by atoms with Gasteiger partial charge in [0.1, 0.15) is 12.4 Å². The molecule has 1 aliphatic heterocycles.